The van der Waals surface area contributed by atoms with Gasteiger partial charge in [-0.3, -0.25) is 9.59 Å². The van der Waals surface area contributed by atoms with Gasteiger partial charge in [0.15, 0.2) is 17.0 Å². The predicted molar refractivity (Wildman–Crippen MR) is 129 cm³/mol. The van der Waals surface area contributed by atoms with Gasteiger partial charge in [-0.2, -0.15) is 0 Å². The number of fused-ring (bicyclic) bond motifs is 3. The zero-order valence-electron chi connectivity index (χ0n) is 19.6. The highest BCUT2D eigenvalue weighted by Gasteiger charge is 2.48. The summed E-state index contributed by atoms with van der Waals surface area (Å²) in [7, 11) is 0. The number of para-hydroxylation sites is 1. The van der Waals surface area contributed by atoms with Crippen LogP contribution in [0.2, 0.25) is 0 Å². The van der Waals surface area contributed by atoms with Gasteiger partial charge in [0, 0.05) is 38.4 Å². The van der Waals surface area contributed by atoms with E-state index in [2.05, 4.69) is 33.2 Å². The fourth-order valence-electron chi connectivity index (χ4n) is 5.85. The zero-order valence-corrected chi connectivity index (χ0v) is 19.6. The molecule has 9 nitrogen and oxygen atoms in total. The van der Waals surface area contributed by atoms with Crippen LogP contribution in [0.5, 0.6) is 0 Å². The summed E-state index contributed by atoms with van der Waals surface area (Å²) in [6.45, 7) is 7.68. The van der Waals surface area contributed by atoms with Crippen LogP contribution < -0.4 is 10.2 Å². The number of anilines is 2. The van der Waals surface area contributed by atoms with Crippen molar-refractivity contribution in [2.75, 3.05) is 36.4 Å². The first-order valence-corrected chi connectivity index (χ1v) is 12.2. The molecule has 2 fully saturated rings. The molecule has 2 amide bonds. The van der Waals surface area contributed by atoms with E-state index in [0.29, 0.717) is 55.4 Å². The lowest BCUT2D eigenvalue weighted by atomic mass is 9.73. The standard InChI is InChI=1S/C25H29N7O2/c1-3-32-21-19(29-22(32)23(33)31-11-8-16(2)14-31)20(26-15-27-21)30-12-9-25(10-13-30)17-6-4-5-7-18(17)28-24(25)34/h4-7,15-16H,3,8-14H2,1-2H3,(H,28,34)/t16-/m1/s1. The Kier molecular flexibility index (Phi) is 4.82. The van der Waals surface area contributed by atoms with Crippen LogP contribution in [-0.4, -0.2) is 62.4 Å². The van der Waals surface area contributed by atoms with Crippen molar-refractivity contribution in [3.05, 3.63) is 42.0 Å². The Bertz CT molecular complexity index is 1290. The maximum Gasteiger partial charge on any atom is 0.289 e. The number of hydrogen-bond donors (Lipinski definition) is 1. The Labute approximate surface area is 198 Å². The highest BCUT2D eigenvalue weighted by Crippen LogP contribution is 2.45. The number of amides is 2. The highest BCUT2D eigenvalue weighted by molar-refractivity contribution is 6.06. The van der Waals surface area contributed by atoms with Crippen molar-refractivity contribution in [2.45, 2.75) is 45.1 Å². The van der Waals surface area contributed by atoms with E-state index in [-0.39, 0.29) is 11.8 Å². The van der Waals surface area contributed by atoms with E-state index in [1.807, 2.05) is 34.6 Å². The zero-order chi connectivity index (χ0) is 23.4. The van der Waals surface area contributed by atoms with Crippen molar-refractivity contribution < 1.29 is 9.59 Å². The molecule has 5 heterocycles. The topological polar surface area (TPSA) is 96.2 Å². The molecular weight excluding hydrogens is 430 g/mol. The van der Waals surface area contributed by atoms with E-state index in [9.17, 15) is 9.59 Å². The number of nitrogens with zero attached hydrogens (tertiary/aromatic N) is 6. The number of benzene rings is 1. The van der Waals surface area contributed by atoms with Crippen molar-refractivity contribution in [3.63, 3.8) is 0 Å². The van der Waals surface area contributed by atoms with Crippen LogP contribution in [0.15, 0.2) is 30.6 Å². The number of aromatic nitrogens is 4. The van der Waals surface area contributed by atoms with Crippen molar-refractivity contribution >= 4 is 34.5 Å². The van der Waals surface area contributed by atoms with Crippen molar-refractivity contribution in [1.29, 1.82) is 0 Å². The number of imidazole rings is 1. The molecule has 1 spiro atoms. The van der Waals surface area contributed by atoms with E-state index in [1.54, 1.807) is 6.33 Å². The van der Waals surface area contributed by atoms with Gasteiger partial charge in [0.2, 0.25) is 11.7 Å². The summed E-state index contributed by atoms with van der Waals surface area (Å²) in [6, 6.07) is 7.99. The van der Waals surface area contributed by atoms with Gasteiger partial charge in [-0.1, -0.05) is 25.1 Å². The Morgan fingerprint density at radius 3 is 2.71 bits per heavy atom. The lowest BCUT2D eigenvalue weighted by Gasteiger charge is -2.38. The van der Waals surface area contributed by atoms with Gasteiger partial charge in [0.1, 0.15) is 6.33 Å². The van der Waals surface area contributed by atoms with Gasteiger partial charge in [0.05, 0.1) is 5.41 Å². The number of carbonyl (C=O) groups is 2. The molecule has 1 N–H and O–H groups in total. The van der Waals surface area contributed by atoms with E-state index < -0.39 is 5.41 Å². The summed E-state index contributed by atoms with van der Waals surface area (Å²) in [4.78, 5) is 44.2. The van der Waals surface area contributed by atoms with Gasteiger partial charge < -0.3 is 19.7 Å². The largest absolute Gasteiger partial charge is 0.355 e. The third kappa shape index (κ3) is 3.02. The molecule has 3 aliphatic rings. The van der Waals surface area contributed by atoms with E-state index in [4.69, 9.17) is 4.98 Å². The van der Waals surface area contributed by atoms with Gasteiger partial charge in [-0.25, -0.2) is 15.0 Å². The number of hydrogen-bond acceptors (Lipinski definition) is 6. The minimum Gasteiger partial charge on any atom is -0.355 e. The number of carbonyl (C=O) groups excluding carboxylic acids is 2. The van der Waals surface area contributed by atoms with Crippen molar-refractivity contribution in [2.24, 2.45) is 5.92 Å². The summed E-state index contributed by atoms with van der Waals surface area (Å²) in [5, 5.41) is 3.06. The molecule has 34 heavy (non-hydrogen) atoms. The molecule has 0 aliphatic carbocycles. The van der Waals surface area contributed by atoms with Crippen LogP contribution >= 0.6 is 0 Å². The maximum atomic E-state index is 13.3. The molecular formula is C25H29N7O2. The van der Waals surface area contributed by atoms with Crippen LogP contribution in [-0.2, 0) is 16.8 Å². The molecule has 1 aromatic carbocycles. The van der Waals surface area contributed by atoms with E-state index in [0.717, 1.165) is 36.6 Å². The molecule has 1 atom stereocenters. The summed E-state index contributed by atoms with van der Waals surface area (Å²) >= 11 is 0. The van der Waals surface area contributed by atoms with Gasteiger partial charge in [-0.05, 0) is 43.7 Å². The van der Waals surface area contributed by atoms with E-state index >= 15 is 0 Å². The molecule has 0 unspecified atom stereocenters. The fraction of sp³-hybridized carbons (Fsp3) is 0.480. The van der Waals surface area contributed by atoms with E-state index in [1.165, 1.54) is 0 Å². The Morgan fingerprint density at radius 2 is 1.97 bits per heavy atom. The molecule has 2 saturated heterocycles. The van der Waals surface area contributed by atoms with Crippen LogP contribution in [0.25, 0.3) is 11.2 Å². The van der Waals surface area contributed by atoms with Gasteiger partial charge >= 0.3 is 0 Å². The van der Waals surface area contributed by atoms with Crippen molar-refractivity contribution in [1.82, 2.24) is 24.4 Å². The monoisotopic (exact) mass is 459 g/mol. The molecule has 9 heteroatoms. The first-order chi connectivity index (χ1) is 16.5. The minimum atomic E-state index is -0.490. The van der Waals surface area contributed by atoms with Gasteiger partial charge in [-0.15, -0.1) is 0 Å². The second-order valence-corrected chi connectivity index (χ2v) is 9.76. The maximum absolute atomic E-state index is 13.3. The van der Waals surface area contributed by atoms with Crippen LogP contribution in [0.3, 0.4) is 0 Å². The third-order valence-corrected chi connectivity index (χ3v) is 7.77. The first-order valence-electron chi connectivity index (χ1n) is 12.2. The average molecular weight is 460 g/mol. The summed E-state index contributed by atoms with van der Waals surface area (Å²) in [5.41, 5.74) is 2.87. The van der Waals surface area contributed by atoms with Crippen LogP contribution in [0.4, 0.5) is 11.5 Å². The molecule has 0 saturated carbocycles. The SMILES string of the molecule is CCn1c(C(=O)N2CC[C@@H](C)C2)nc2c(N3CCC4(CC3)C(=O)Nc3ccccc34)ncnc21. The normalized spacial score (nSPS) is 21.4. The fourth-order valence-corrected chi connectivity index (χ4v) is 5.85. The lowest BCUT2D eigenvalue weighted by Crippen LogP contribution is -2.46. The number of nitrogens with one attached hydrogen (secondary N) is 1. The predicted octanol–water partition coefficient (Wildman–Crippen LogP) is 2.82. The molecule has 6 rings (SSSR count). The number of aryl methyl sites for hydroxylation is 1. The van der Waals surface area contributed by atoms with Crippen LogP contribution in [0.1, 0.15) is 49.3 Å². The first kappa shape index (κ1) is 21.1. The van der Waals surface area contributed by atoms with Crippen LogP contribution in [0, 0.1) is 5.92 Å². The minimum absolute atomic E-state index is 0.0352. The lowest BCUT2D eigenvalue weighted by molar-refractivity contribution is -0.121. The Hall–Kier alpha value is -3.49. The second-order valence-electron chi connectivity index (χ2n) is 9.76. The number of rotatable bonds is 3. The quantitative estimate of drug-likeness (QED) is 0.647. The molecule has 2 aromatic heterocycles. The highest BCUT2D eigenvalue weighted by atomic mass is 16.2. The third-order valence-electron chi connectivity index (χ3n) is 7.77. The smallest absolute Gasteiger partial charge is 0.289 e. The second kappa shape index (κ2) is 7.78. The molecule has 176 valence electrons. The number of piperidine rings is 1. The van der Waals surface area contributed by atoms with Gasteiger partial charge in [0.25, 0.3) is 5.91 Å². The summed E-state index contributed by atoms with van der Waals surface area (Å²) in [6.07, 6.45) is 3.98. The molecule has 0 bridgehead atoms. The summed E-state index contributed by atoms with van der Waals surface area (Å²) < 4.78 is 1.90. The molecule has 3 aromatic rings. The summed E-state index contributed by atoms with van der Waals surface area (Å²) in [5.74, 6) is 1.74. The molecule has 3 aliphatic heterocycles. The average Bonchev–Trinajstić information content (AvgIpc) is 3.53. The van der Waals surface area contributed by atoms with Crippen molar-refractivity contribution in [3.8, 4) is 0 Å². The number of likely N-dealkylation sites (tertiary alicyclic amines) is 1. The Balaban J connectivity index is 1.32. The molecule has 0 radical (unpaired) electrons. The Morgan fingerprint density at radius 1 is 1.18 bits per heavy atom.